The number of aryl methyl sites for hydroxylation is 1. The molecule has 24 heavy (non-hydrogen) atoms. The highest BCUT2D eigenvalue weighted by atomic mass is 19.1. The largest absolute Gasteiger partial charge is 0.481 e. The first-order valence-corrected chi connectivity index (χ1v) is 7.34. The maximum atomic E-state index is 13.7. The van der Waals surface area contributed by atoms with Crippen LogP contribution in [0.1, 0.15) is 25.2 Å². The number of benzene rings is 1. The number of aliphatic carboxylic acids is 1. The molecule has 0 unspecified atom stereocenters. The normalized spacial score (nSPS) is 10.6. The molecular weight excluding hydrogens is 322 g/mol. The minimum absolute atomic E-state index is 0.00733. The van der Waals surface area contributed by atoms with Gasteiger partial charge in [-0.25, -0.2) is 13.8 Å². The van der Waals surface area contributed by atoms with E-state index in [1.807, 2.05) is 0 Å². The van der Waals surface area contributed by atoms with E-state index < -0.39 is 17.6 Å². The number of aromatic nitrogens is 1. The molecule has 2 rings (SSSR count). The van der Waals surface area contributed by atoms with Gasteiger partial charge in [-0.2, -0.15) is 0 Å². The molecule has 0 spiro atoms. The second-order valence-corrected chi connectivity index (χ2v) is 5.09. The quantitative estimate of drug-likeness (QED) is 0.722. The van der Waals surface area contributed by atoms with Gasteiger partial charge < -0.3 is 14.8 Å². The Labute approximate surface area is 136 Å². The summed E-state index contributed by atoms with van der Waals surface area (Å²) in [5.41, 5.74) is 0.0910. The molecule has 0 aliphatic rings. The molecule has 8 heteroatoms. The third-order valence-corrected chi connectivity index (χ3v) is 3.21. The molecule has 0 aliphatic carbocycles. The van der Waals surface area contributed by atoms with Crippen LogP contribution in [0.3, 0.4) is 0 Å². The topological polar surface area (TPSA) is 92.4 Å². The van der Waals surface area contributed by atoms with Crippen LogP contribution in [0.25, 0.3) is 11.3 Å². The lowest BCUT2D eigenvalue weighted by Crippen LogP contribution is -2.25. The fourth-order valence-electron chi connectivity index (χ4n) is 2.02. The van der Waals surface area contributed by atoms with Crippen LogP contribution in [0.2, 0.25) is 0 Å². The Morgan fingerprint density at radius 3 is 2.75 bits per heavy atom. The molecule has 1 amide bonds. The first-order valence-electron chi connectivity index (χ1n) is 7.34. The van der Waals surface area contributed by atoms with E-state index in [0.29, 0.717) is 6.42 Å². The van der Waals surface area contributed by atoms with Crippen LogP contribution in [-0.4, -0.2) is 28.5 Å². The summed E-state index contributed by atoms with van der Waals surface area (Å²) in [7, 11) is 0. The molecule has 2 N–H and O–H groups in total. The highest BCUT2D eigenvalue weighted by molar-refractivity contribution is 5.76. The van der Waals surface area contributed by atoms with Crippen molar-refractivity contribution in [3.8, 4) is 11.3 Å². The SMILES string of the molecule is O=C(O)CCCNC(=O)CCc1ncc(-c2ccc(F)cc2F)o1. The van der Waals surface area contributed by atoms with Crippen molar-refractivity contribution >= 4 is 11.9 Å². The number of carboxylic acids is 1. The van der Waals surface area contributed by atoms with E-state index in [-0.39, 0.29) is 48.9 Å². The second kappa shape index (κ2) is 8.19. The lowest BCUT2D eigenvalue weighted by molar-refractivity contribution is -0.137. The lowest BCUT2D eigenvalue weighted by Gasteiger charge is -2.02. The van der Waals surface area contributed by atoms with Crippen LogP contribution in [0.5, 0.6) is 0 Å². The number of amides is 1. The number of nitrogens with zero attached hydrogens (tertiary/aromatic N) is 1. The summed E-state index contributed by atoms with van der Waals surface area (Å²) in [6.45, 7) is 0.281. The highest BCUT2D eigenvalue weighted by Crippen LogP contribution is 2.24. The third-order valence-electron chi connectivity index (χ3n) is 3.21. The predicted octanol–water partition coefficient (Wildman–Crippen LogP) is 2.53. The van der Waals surface area contributed by atoms with Crippen molar-refractivity contribution in [1.29, 1.82) is 0 Å². The summed E-state index contributed by atoms with van der Waals surface area (Å²) in [6, 6.07) is 3.12. The maximum Gasteiger partial charge on any atom is 0.303 e. The Kier molecular flexibility index (Phi) is 6.00. The summed E-state index contributed by atoms with van der Waals surface area (Å²) >= 11 is 0. The van der Waals surface area contributed by atoms with Crippen molar-refractivity contribution < 1.29 is 27.9 Å². The Hall–Kier alpha value is -2.77. The molecule has 1 aromatic heterocycles. The molecule has 1 heterocycles. The molecule has 0 bridgehead atoms. The van der Waals surface area contributed by atoms with E-state index in [9.17, 15) is 18.4 Å². The van der Waals surface area contributed by atoms with Crippen molar-refractivity contribution in [3.05, 3.63) is 41.9 Å². The molecule has 2 aromatic rings. The zero-order chi connectivity index (χ0) is 17.5. The predicted molar refractivity (Wildman–Crippen MR) is 80.1 cm³/mol. The lowest BCUT2D eigenvalue weighted by atomic mass is 10.2. The number of halogens is 2. The summed E-state index contributed by atoms with van der Waals surface area (Å²) in [5.74, 6) is -2.19. The minimum Gasteiger partial charge on any atom is -0.481 e. The standard InChI is InChI=1S/C16H16F2N2O4/c17-10-3-4-11(12(18)8-10)13-9-20-15(24-13)6-5-14(21)19-7-1-2-16(22)23/h3-4,8-9H,1-2,5-7H2,(H,19,21)(H,22,23). The second-order valence-electron chi connectivity index (χ2n) is 5.09. The van der Waals surface area contributed by atoms with E-state index in [2.05, 4.69) is 10.3 Å². The van der Waals surface area contributed by atoms with Crippen LogP contribution >= 0.6 is 0 Å². The Morgan fingerprint density at radius 2 is 2.04 bits per heavy atom. The van der Waals surface area contributed by atoms with Gasteiger partial charge in [-0.3, -0.25) is 9.59 Å². The molecule has 0 aliphatic heterocycles. The van der Waals surface area contributed by atoms with Gasteiger partial charge in [-0.15, -0.1) is 0 Å². The monoisotopic (exact) mass is 338 g/mol. The first-order chi connectivity index (χ1) is 11.5. The summed E-state index contributed by atoms with van der Waals surface area (Å²) in [6.07, 6.45) is 1.99. The molecule has 0 fully saturated rings. The maximum absolute atomic E-state index is 13.7. The number of rotatable bonds is 8. The number of hydrogen-bond acceptors (Lipinski definition) is 4. The van der Waals surface area contributed by atoms with Gasteiger partial charge in [0, 0.05) is 31.9 Å². The van der Waals surface area contributed by atoms with Crippen molar-refractivity contribution in [2.75, 3.05) is 6.54 Å². The molecule has 0 saturated heterocycles. The van der Waals surface area contributed by atoms with Gasteiger partial charge in [0.05, 0.1) is 11.8 Å². The van der Waals surface area contributed by atoms with Crippen LogP contribution < -0.4 is 5.32 Å². The molecule has 1 aromatic carbocycles. The number of nitrogens with one attached hydrogen (secondary N) is 1. The van der Waals surface area contributed by atoms with Crippen LogP contribution in [-0.2, 0) is 16.0 Å². The molecule has 0 atom stereocenters. The average Bonchev–Trinajstić information content (AvgIpc) is 2.98. The Balaban J connectivity index is 1.83. The number of carboxylic acid groups (broad SMARTS) is 1. The number of carbonyl (C=O) groups is 2. The van der Waals surface area contributed by atoms with Crippen LogP contribution in [0, 0.1) is 11.6 Å². The first kappa shape index (κ1) is 17.6. The number of oxazole rings is 1. The smallest absolute Gasteiger partial charge is 0.303 e. The number of carbonyl (C=O) groups excluding carboxylic acids is 1. The molecule has 0 saturated carbocycles. The van der Waals surface area contributed by atoms with Gasteiger partial charge in [0.15, 0.2) is 11.7 Å². The molecule has 6 nitrogen and oxygen atoms in total. The van der Waals surface area contributed by atoms with E-state index in [1.165, 1.54) is 12.3 Å². The van der Waals surface area contributed by atoms with Gasteiger partial charge in [0.25, 0.3) is 0 Å². The number of hydrogen-bond donors (Lipinski definition) is 2. The van der Waals surface area contributed by atoms with Crippen LogP contribution in [0.15, 0.2) is 28.8 Å². The minimum atomic E-state index is -0.912. The van der Waals surface area contributed by atoms with Gasteiger partial charge in [0.2, 0.25) is 5.91 Å². The Bertz CT molecular complexity index is 731. The van der Waals surface area contributed by atoms with E-state index in [1.54, 1.807) is 0 Å². The summed E-state index contributed by atoms with van der Waals surface area (Å²) in [4.78, 5) is 25.9. The van der Waals surface area contributed by atoms with Gasteiger partial charge in [-0.1, -0.05) is 0 Å². The van der Waals surface area contributed by atoms with Crippen molar-refractivity contribution in [2.24, 2.45) is 0 Å². The van der Waals surface area contributed by atoms with Crippen molar-refractivity contribution in [2.45, 2.75) is 25.7 Å². The van der Waals surface area contributed by atoms with Gasteiger partial charge in [-0.05, 0) is 18.6 Å². The zero-order valence-electron chi connectivity index (χ0n) is 12.7. The van der Waals surface area contributed by atoms with Crippen molar-refractivity contribution in [1.82, 2.24) is 10.3 Å². The fraction of sp³-hybridized carbons (Fsp3) is 0.312. The third kappa shape index (κ3) is 5.15. The highest BCUT2D eigenvalue weighted by Gasteiger charge is 2.13. The summed E-state index contributed by atoms with van der Waals surface area (Å²) in [5, 5.41) is 11.1. The molecular formula is C16H16F2N2O4. The van der Waals surface area contributed by atoms with Crippen LogP contribution in [0.4, 0.5) is 8.78 Å². The molecule has 0 radical (unpaired) electrons. The zero-order valence-corrected chi connectivity index (χ0v) is 12.7. The summed E-state index contributed by atoms with van der Waals surface area (Å²) < 4.78 is 31.9. The van der Waals surface area contributed by atoms with Crippen molar-refractivity contribution in [3.63, 3.8) is 0 Å². The van der Waals surface area contributed by atoms with E-state index in [0.717, 1.165) is 12.1 Å². The fourth-order valence-corrected chi connectivity index (χ4v) is 2.02. The Morgan fingerprint density at radius 1 is 1.25 bits per heavy atom. The van der Waals surface area contributed by atoms with Gasteiger partial charge >= 0.3 is 5.97 Å². The van der Waals surface area contributed by atoms with E-state index in [4.69, 9.17) is 9.52 Å². The van der Waals surface area contributed by atoms with Gasteiger partial charge in [0.1, 0.15) is 11.6 Å². The average molecular weight is 338 g/mol. The van der Waals surface area contributed by atoms with E-state index >= 15 is 0 Å². The molecule has 128 valence electrons.